The number of hydrogen-bond donors (Lipinski definition) is 1. The van der Waals surface area contributed by atoms with E-state index in [0.29, 0.717) is 29.4 Å². The lowest BCUT2D eigenvalue weighted by molar-refractivity contribution is -0.160. The molecule has 0 saturated heterocycles. The first-order valence-corrected chi connectivity index (χ1v) is 10.7. The molecular weight excluding hydrogens is 410 g/mol. The minimum Gasteiger partial charge on any atom is -0.493 e. The molecule has 0 spiro atoms. The monoisotopic (exact) mass is 441 g/mol. The van der Waals surface area contributed by atoms with Crippen LogP contribution in [0.25, 0.3) is 11.1 Å². The van der Waals surface area contributed by atoms with Gasteiger partial charge in [-0.25, -0.2) is 0 Å². The summed E-state index contributed by atoms with van der Waals surface area (Å²) in [5.74, 6) is 1.03. The SMILES string of the molecule is CC[C@@H](C)OC(=O)C(C)(C)COc1c(-c2ccc3c(c2)CNC3=O)ccc(OC)c1OC. The molecule has 0 bridgehead atoms. The number of hydrogen-bond acceptors (Lipinski definition) is 6. The van der Waals surface area contributed by atoms with E-state index >= 15 is 0 Å². The van der Waals surface area contributed by atoms with Gasteiger partial charge in [0, 0.05) is 17.7 Å². The molecule has 1 N–H and O–H groups in total. The third kappa shape index (κ3) is 4.66. The molecule has 0 aromatic heterocycles. The summed E-state index contributed by atoms with van der Waals surface area (Å²) in [5, 5.41) is 2.83. The molecule has 0 aliphatic carbocycles. The first-order chi connectivity index (χ1) is 15.2. The Morgan fingerprint density at radius 2 is 1.81 bits per heavy atom. The summed E-state index contributed by atoms with van der Waals surface area (Å²) in [6, 6.07) is 9.33. The molecule has 0 unspecified atom stereocenters. The normalized spacial score (nSPS) is 13.8. The van der Waals surface area contributed by atoms with Gasteiger partial charge in [0.1, 0.15) is 6.61 Å². The van der Waals surface area contributed by atoms with Crippen LogP contribution in [-0.4, -0.2) is 38.8 Å². The molecule has 2 aromatic rings. The molecule has 1 atom stereocenters. The van der Waals surface area contributed by atoms with E-state index in [0.717, 1.165) is 23.1 Å². The van der Waals surface area contributed by atoms with Crippen molar-refractivity contribution < 1.29 is 28.5 Å². The standard InChI is InChI=1S/C25H31NO6/c1-7-15(2)32-24(28)25(3,4)14-31-21-18(10-11-20(29-5)22(21)30-6)16-8-9-19-17(12-16)13-26-23(19)27/h8-12,15H,7,13-14H2,1-6H3,(H,26,27)/t15-/m1/s1. The number of methoxy groups -OCH3 is 2. The zero-order valence-electron chi connectivity index (χ0n) is 19.5. The number of fused-ring (bicyclic) bond motifs is 1. The van der Waals surface area contributed by atoms with Crippen molar-refractivity contribution in [1.29, 1.82) is 0 Å². The van der Waals surface area contributed by atoms with Crippen molar-refractivity contribution in [2.75, 3.05) is 20.8 Å². The molecule has 0 fully saturated rings. The molecule has 0 radical (unpaired) electrons. The Balaban J connectivity index is 1.97. The lowest BCUT2D eigenvalue weighted by atomic mass is 9.94. The van der Waals surface area contributed by atoms with Crippen LogP contribution in [0.3, 0.4) is 0 Å². The molecule has 2 aromatic carbocycles. The average molecular weight is 442 g/mol. The molecular formula is C25H31NO6. The van der Waals surface area contributed by atoms with Crippen LogP contribution in [0.2, 0.25) is 0 Å². The van der Waals surface area contributed by atoms with Gasteiger partial charge >= 0.3 is 5.97 Å². The highest BCUT2D eigenvalue weighted by atomic mass is 16.6. The summed E-state index contributed by atoms with van der Waals surface area (Å²) in [6.45, 7) is 7.98. The highest BCUT2D eigenvalue weighted by Gasteiger charge is 2.33. The number of rotatable bonds is 9. The molecule has 0 saturated carbocycles. The van der Waals surface area contributed by atoms with E-state index in [-0.39, 0.29) is 24.6 Å². The fraction of sp³-hybridized carbons (Fsp3) is 0.440. The van der Waals surface area contributed by atoms with Crippen LogP contribution in [0.4, 0.5) is 0 Å². The van der Waals surface area contributed by atoms with Gasteiger partial charge in [0.15, 0.2) is 11.5 Å². The van der Waals surface area contributed by atoms with Gasteiger partial charge in [-0.05, 0) is 62.6 Å². The van der Waals surface area contributed by atoms with Gasteiger partial charge in [-0.2, -0.15) is 0 Å². The zero-order chi connectivity index (χ0) is 23.5. The Kier molecular flexibility index (Phi) is 6.96. The Hall–Kier alpha value is -3.22. The number of benzene rings is 2. The van der Waals surface area contributed by atoms with Crippen LogP contribution in [0, 0.1) is 5.41 Å². The number of nitrogens with one attached hydrogen (secondary N) is 1. The minimum atomic E-state index is -0.872. The van der Waals surface area contributed by atoms with Gasteiger partial charge in [0.2, 0.25) is 5.75 Å². The Morgan fingerprint density at radius 3 is 2.47 bits per heavy atom. The quantitative estimate of drug-likeness (QED) is 0.582. The fourth-order valence-electron chi connectivity index (χ4n) is 3.41. The van der Waals surface area contributed by atoms with E-state index in [2.05, 4.69) is 5.32 Å². The summed E-state index contributed by atoms with van der Waals surface area (Å²) in [7, 11) is 3.10. The van der Waals surface area contributed by atoms with Crippen LogP contribution in [-0.2, 0) is 16.1 Å². The van der Waals surface area contributed by atoms with Gasteiger partial charge in [-0.1, -0.05) is 13.0 Å². The van der Waals surface area contributed by atoms with Crippen molar-refractivity contribution in [3.63, 3.8) is 0 Å². The molecule has 3 rings (SSSR count). The van der Waals surface area contributed by atoms with E-state index in [1.54, 1.807) is 40.2 Å². The summed E-state index contributed by atoms with van der Waals surface area (Å²) in [5.41, 5.74) is 2.37. The highest BCUT2D eigenvalue weighted by molar-refractivity contribution is 5.99. The summed E-state index contributed by atoms with van der Waals surface area (Å²) in [6.07, 6.45) is 0.582. The Bertz CT molecular complexity index is 1010. The molecule has 32 heavy (non-hydrogen) atoms. The van der Waals surface area contributed by atoms with Crippen molar-refractivity contribution in [1.82, 2.24) is 5.32 Å². The zero-order valence-corrected chi connectivity index (χ0v) is 19.5. The van der Waals surface area contributed by atoms with Crippen molar-refractivity contribution in [3.05, 3.63) is 41.5 Å². The summed E-state index contributed by atoms with van der Waals surface area (Å²) < 4.78 is 22.8. The number of esters is 1. The lowest BCUT2D eigenvalue weighted by Gasteiger charge is -2.26. The van der Waals surface area contributed by atoms with E-state index in [4.69, 9.17) is 18.9 Å². The Morgan fingerprint density at radius 1 is 1.09 bits per heavy atom. The van der Waals surface area contributed by atoms with Crippen LogP contribution < -0.4 is 19.5 Å². The van der Waals surface area contributed by atoms with Crippen molar-refractivity contribution in [2.45, 2.75) is 46.8 Å². The summed E-state index contributed by atoms with van der Waals surface area (Å²) in [4.78, 5) is 24.6. The van der Waals surface area contributed by atoms with Crippen LogP contribution in [0.5, 0.6) is 17.2 Å². The summed E-state index contributed by atoms with van der Waals surface area (Å²) >= 11 is 0. The molecule has 1 amide bonds. The molecule has 1 heterocycles. The van der Waals surface area contributed by atoms with E-state index < -0.39 is 5.41 Å². The van der Waals surface area contributed by atoms with Crippen molar-refractivity contribution in [3.8, 4) is 28.4 Å². The predicted molar refractivity (Wildman–Crippen MR) is 121 cm³/mol. The van der Waals surface area contributed by atoms with Crippen molar-refractivity contribution >= 4 is 11.9 Å². The number of carbonyl (C=O) groups excluding carboxylic acids is 2. The topological polar surface area (TPSA) is 83.1 Å². The molecule has 1 aliphatic rings. The van der Waals surface area contributed by atoms with Crippen LogP contribution in [0.1, 0.15) is 50.0 Å². The third-order valence-corrected chi connectivity index (χ3v) is 5.61. The van der Waals surface area contributed by atoms with Gasteiger partial charge < -0.3 is 24.3 Å². The second kappa shape index (κ2) is 9.51. The largest absolute Gasteiger partial charge is 0.493 e. The van der Waals surface area contributed by atoms with Crippen LogP contribution in [0.15, 0.2) is 30.3 Å². The number of ether oxygens (including phenoxy) is 4. The second-order valence-electron chi connectivity index (χ2n) is 8.53. The predicted octanol–water partition coefficient (Wildman–Crippen LogP) is 4.36. The fourth-order valence-corrected chi connectivity index (χ4v) is 3.41. The highest BCUT2D eigenvalue weighted by Crippen LogP contribution is 2.45. The Labute approximate surface area is 189 Å². The van der Waals surface area contributed by atoms with Gasteiger partial charge in [-0.15, -0.1) is 0 Å². The minimum absolute atomic E-state index is 0.0723. The van der Waals surface area contributed by atoms with Gasteiger partial charge in [-0.3, -0.25) is 9.59 Å². The van der Waals surface area contributed by atoms with E-state index in [9.17, 15) is 9.59 Å². The van der Waals surface area contributed by atoms with Crippen LogP contribution >= 0.6 is 0 Å². The maximum absolute atomic E-state index is 12.6. The maximum Gasteiger partial charge on any atom is 0.315 e. The average Bonchev–Trinajstić information content (AvgIpc) is 3.16. The molecule has 172 valence electrons. The second-order valence-corrected chi connectivity index (χ2v) is 8.53. The molecule has 1 aliphatic heterocycles. The first kappa shape index (κ1) is 23.4. The van der Waals surface area contributed by atoms with Gasteiger partial charge in [0.05, 0.1) is 25.7 Å². The number of carbonyl (C=O) groups is 2. The maximum atomic E-state index is 12.6. The molecule has 7 nitrogen and oxygen atoms in total. The third-order valence-electron chi connectivity index (χ3n) is 5.61. The van der Waals surface area contributed by atoms with Gasteiger partial charge in [0.25, 0.3) is 5.91 Å². The van der Waals surface area contributed by atoms with Crippen molar-refractivity contribution in [2.24, 2.45) is 5.41 Å². The van der Waals surface area contributed by atoms with E-state index in [1.807, 2.05) is 32.0 Å². The number of amides is 1. The first-order valence-electron chi connectivity index (χ1n) is 10.7. The molecule has 7 heteroatoms. The lowest BCUT2D eigenvalue weighted by Crippen LogP contribution is -2.34. The van der Waals surface area contributed by atoms with E-state index in [1.165, 1.54) is 0 Å². The smallest absolute Gasteiger partial charge is 0.315 e.